The van der Waals surface area contributed by atoms with Crippen LogP contribution >= 0.6 is 0 Å². The fourth-order valence-electron chi connectivity index (χ4n) is 2.04. The van der Waals surface area contributed by atoms with Gasteiger partial charge in [0, 0.05) is 5.56 Å². The molecule has 4 nitrogen and oxygen atoms in total. The van der Waals surface area contributed by atoms with E-state index in [4.69, 9.17) is 9.26 Å². The lowest BCUT2D eigenvalue weighted by molar-refractivity contribution is 0.154. The molecular weight excluding hydrogens is 264 g/mol. The van der Waals surface area contributed by atoms with Gasteiger partial charge in [0.15, 0.2) is 6.10 Å². The molecule has 0 aliphatic carbocycles. The first kappa shape index (κ1) is 13.4. The third-order valence-corrected chi connectivity index (χ3v) is 3.14. The molecule has 0 radical (unpaired) electrons. The van der Waals surface area contributed by atoms with Gasteiger partial charge in [0.25, 0.3) is 5.89 Å². The topological polar surface area (TPSA) is 48.2 Å². The molecule has 4 heteroatoms. The zero-order chi connectivity index (χ0) is 14.5. The second kappa shape index (κ2) is 6.22. The number of aromatic nitrogens is 2. The number of hydrogen-bond donors (Lipinski definition) is 0. The lowest BCUT2D eigenvalue weighted by Gasteiger charge is -2.13. The molecule has 0 bridgehead atoms. The van der Waals surface area contributed by atoms with E-state index >= 15 is 0 Å². The Morgan fingerprint density at radius 3 is 2.33 bits per heavy atom. The average Bonchev–Trinajstić information content (AvgIpc) is 3.04. The first-order chi connectivity index (χ1) is 10.4. The Morgan fingerprint density at radius 2 is 1.67 bits per heavy atom. The molecule has 1 aromatic heterocycles. The lowest BCUT2D eigenvalue weighted by atomic mass is 10.2. The highest BCUT2D eigenvalue weighted by Gasteiger charge is 2.19. The zero-order valence-corrected chi connectivity index (χ0v) is 11.8. The van der Waals surface area contributed by atoms with Crippen LogP contribution in [0, 0.1) is 0 Å². The first-order valence-corrected chi connectivity index (χ1v) is 6.97. The lowest BCUT2D eigenvalue weighted by Crippen LogP contribution is -2.06. The van der Waals surface area contributed by atoms with Gasteiger partial charge in [-0.1, -0.05) is 60.6 Å². The highest BCUT2D eigenvalue weighted by molar-refractivity contribution is 5.53. The van der Waals surface area contributed by atoms with Crippen LogP contribution in [-0.2, 0) is 0 Å². The maximum Gasteiger partial charge on any atom is 0.268 e. The fourth-order valence-corrected chi connectivity index (χ4v) is 2.04. The van der Waals surface area contributed by atoms with Crippen LogP contribution in [0.25, 0.3) is 11.4 Å². The summed E-state index contributed by atoms with van der Waals surface area (Å²) in [4.78, 5) is 4.45. The summed E-state index contributed by atoms with van der Waals surface area (Å²) in [6, 6.07) is 19.4. The minimum absolute atomic E-state index is 0.239. The average molecular weight is 280 g/mol. The van der Waals surface area contributed by atoms with Crippen LogP contribution in [0.5, 0.6) is 5.75 Å². The van der Waals surface area contributed by atoms with E-state index < -0.39 is 0 Å². The molecule has 1 heterocycles. The molecule has 3 rings (SSSR count). The van der Waals surface area contributed by atoms with E-state index in [-0.39, 0.29) is 6.10 Å². The maximum absolute atomic E-state index is 5.90. The van der Waals surface area contributed by atoms with Crippen molar-refractivity contribution in [2.45, 2.75) is 19.4 Å². The number of para-hydroxylation sites is 1. The van der Waals surface area contributed by atoms with Gasteiger partial charge in [-0.3, -0.25) is 0 Å². The van der Waals surface area contributed by atoms with Gasteiger partial charge in [-0.25, -0.2) is 0 Å². The molecule has 0 saturated carbocycles. The summed E-state index contributed by atoms with van der Waals surface area (Å²) in [7, 11) is 0. The van der Waals surface area contributed by atoms with Gasteiger partial charge in [0.05, 0.1) is 0 Å². The standard InChI is InChI=1S/C17H16N2O2/c1-2-15(20-14-11-7-4-8-12-14)17-18-16(19-21-17)13-9-5-3-6-10-13/h3-12,15H,2H2,1H3. The first-order valence-electron chi connectivity index (χ1n) is 6.97. The summed E-state index contributed by atoms with van der Waals surface area (Å²) in [5, 5.41) is 4.03. The van der Waals surface area contributed by atoms with E-state index in [9.17, 15) is 0 Å². The molecule has 0 aliphatic rings. The van der Waals surface area contributed by atoms with Crippen LogP contribution in [0.15, 0.2) is 65.2 Å². The number of benzene rings is 2. The van der Waals surface area contributed by atoms with E-state index in [1.165, 1.54) is 0 Å². The van der Waals surface area contributed by atoms with E-state index in [1.807, 2.05) is 67.6 Å². The molecular formula is C17H16N2O2. The monoisotopic (exact) mass is 280 g/mol. The second-order valence-electron chi connectivity index (χ2n) is 4.65. The van der Waals surface area contributed by atoms with Crippen molar-refractivity contribution in [3.05, 3.63) is 66.6 Å². The molecule has 0 spiro atoms. The highest BCUT2D eigenvalue weighted by Crippen LogP contribution is 2.25. The smallest absolute Gasteiger partial charge is 0.268 e. The van der Waals surface area contributed by atoms with E-state index in [0.29, 0.717) is 11.7 Å². The molecule has 1 unspecified atom stereocenters. The predicted molar refractivity (Wildman–Crippen MR) is 79.8 cm³/mol. The van der Waals surface area contributed by atoms with Crippen LogP contribution < -0.4 is 4.74 Å². The van der Waals surface area contributed by atoms with Crippen molar-refractivity contribution in [2.75, 3.05) is 0 Å². The van der Waals surface area contributed by atoms with Crippen molar-refractivity contribution < 1.29 is 9.26 Å². The van der Waals surface area contributed by atoms with Crippen molar-refractivity contribution in [1.29, 1.82) is 0 Å². The minimum atomic E-state index is -0.239. The Kier molecular flexibility index (Phi) is 3.96. The highest BCUT2D eigenvalue weighted by atomic mass is 16.5. The Labute approximate surface area is 123 Å². The Morgan fingerprint density at radius 1 is 1.00 bits per heavy atom. The second-order valence-corrected chi connectivity index (χ2v) is 4.65. The summed E-state index contributed by atoms with van der Waals surface area (Å²) < 4.78 is 11.3. The molecule has 0 N–H and O–H groups in total. The van der Waals surface area contributed by atoms with Crippen LogP contribution in [0.3, 0.4) is 0 Å². The quantitative estimate of drug-likeness (QED) is 0.700. The normalized spacial score (nSPS) is 12.0. The molecule has 21 heavy (non-hydrogen) atoms. The summed E-state index contributed by atoms with van der Waals surface area (Å²) in [6.07, 6.45) is 0.517. The summed E-state index contributed by atoms with van der Waals surface area (Å²) >= 11 is 0. The number of nitrogens with zero attached hydrogens (tertiary/aromatic N) is 2. The minimum Gasteiger partial charge on any atom is -0.481 e. The van der Waals surface area contributed by atoms with Gasteiger partial charge in [0.2, 0.25) is 5.82 Å². The molecule has 106 valence electrons. The zero-order valence-electron chi connectivity index (χ0n) is 11.8. The van der Waals surface area contributed by atoms with Gasteiger partial charge >= 0.3 is 0 Å². The van der Waals surface area contributed by atoms with Crippen LogP contribution in [-0.4, -0.2) is 10.1 Å². The fraction of sp³-hybridized carbons (Fsp3) is 0.176. The molecule has 0 amide bonds. The maximum atomic E-state index is 5.90. The largest absolute Gasteiger partial charge is 0.481 e. The third-order valence-electron chi connectivity index (χ3n) is 3.14. The number of hydrogen-bond acceptors (Lipinski definition) is 4. The van der Waals surface area contributed by atoms with Gasteiger partial charge < -0.3 is 9.26 Å². The summed E-state index contributed by atoms with van der Waals surface area (Å²) in [6.45, 7) is 2.03. The van der Waals surface area contributed by atoms with Crippen molar-refractivity contribution in [3.8, 4) is 17.1 Å². The van der Waals surface area contributed by atoms with Crippen molar-refractivity contribution in [1.82, 2.24) is 10.1 Å². The van der Waals surface area contributed by atoms with Crippen LogP contribution in [0.4, 0.5) is 0 Å². The number of rotatable bonds is 5. The van der Waals surface area contributed by atoms with Crippen molar-refractivity contribution >= 4 is 0 Å². The van der Waals surface area contributed by atoms with Gasteiger partial charge in [-0.2, -0.15) is 4.98 Å². The molecule has 0 aliphatic heterocycles. The van der Waals surface area contributed by atoms with E-state index in [1.54, 1.807) is 0 Å². The molecule has 0 fully saturated rings. The van der Waals surface area contributed by atoms with E-state index in [2.05, 4.69) is 10.1 Å². The van der Waals surface area contributed by atoms with E-state index in [0.717, 1.165) is 17.7 Å². The Hall–Kier alpha value is -2.62. The molecule has 0 saturated heterocycles. The third kappa shape index (κ3) is 3.11. The Balaban J connectivity index is 1.81. The van der Waals surface area contributed by atoms with Gasteiger partial charge in [-0.05, 0) is 18.6 Å². The molecule has 2 aromatic carbocycles. The van der Waals surface area contributed by atoms with Gasteiger partial charge in [0.1, 0.15) is 5.75 Å². The summed E-state index contributed by atoms with van der Waals surface area (Å²) in [5.74, 6) is 1.88. The molecule has 1 atom stereocenters. The Bertz CT molecular complexity index is 680. The SMILES string of the molecule is CCC(Oc1ccccc1)c1nc(-c2ccccc2)no1. The predicted octanol–water partition coefficient (Wildman–Crippen LogP) is 4.27. The van der Waals surface area contributed by atoms with Crippen molar-refractivity contribution in [2.24, 2.45) is 0 Å². The molecule has 3 aromatic rings. The van der Waals surface area contributed by atoms with Crippen molar-refractivity contribution in [3.63, 3.8) is 0 Å². The number of ether oxygens (including phenoxy) is 1. The van der Waals surface area contributed by atoms with Gasteiger partial charge in [-0.15, -0.1) is 0 Å². The van der Waals surface area contributed by atoms with Crippen LogP contribution in [0.2, 0.25) is 0 Å². The van der Waals surface area contributed by atoms with Crippen LogP contribution in [0.1, 0.15) is 25.3 Å². The summed E-state index contributed by atoms with van der Waals surface area (Å²) in [5.41, 5.74) is 0.932.